The summed E-state index contributed by atoms with van der Waals surface area (Å²) in [6.45, 7) is 3.68. The number of aryl methyl sites for hydroxylation is 1. The SMILES string of the molecule is C/C(CC(=O)Nc1cccc(C)c1)=N\NC(=O)Cc1ccc(-c2ccccc2)cc1. The molecular weight excluding hydrogens is 374 g/mol. The van der Waals surface area contributed by atoms with Crippen LogP contribution >= 0.6 is 0 Å². The van der Waals surface area contributed by atoms with Crippen molar-refractivity contribution in [2.24, 2.45) is 5.10 Å². The zero-order valence-electron chi connectivity index (χ0n) is 17.2. The van der Waals surface area contributed by atoms with E-state index in [2.05, 4.69) is 15.8 Å². The lowest BCUT2D eigenvalue weighted by molar-refractivity contribution is -0.120. The lowest BCUT2D eigenvalue weighted by Gasteiger charge is -2.07. The number of carbonyl (C=O) groups is 2. The molecule has 30 heavy (non-hydrogen) atoms. The van der Waals surface area contributed by atoms with Crippen LogP contribution in [0.4, 0.5) is 5.69 Å². The van der Waals surface area contributed by atoms with E-state index in [1.807, 2.05) is 85.8 Å². The average molecular weight is 399 g/mol. The molecule has 5 heteroatoms. The molecule has 0 aliphatic rings. The summed E-state index contributed by atoms with van der Waals surface area (Å²) < 4.78 is 0. The van der Waals surface area contributed by atoms with Gasteiger partial charge in [0.05, 0.1) is 12.8 Å². The van der Waals surface area contributed by atoms with E-state index >= 15 is 0 Å². The smallest absolute Gasteiger partial charge is 0.244 e. The van der Waals surface area contributed by atoms with E-state index < -0.39 is 0 Å². The highest BCUT2D eigenvalue weighted by Gasteiger charge is 2.07. The molecule has 0 radical (unpaired) electrons. The van der Waals surface area contributed by atoms with Gasteiger partial charge in [-0.25, -0.2) is 5.43 Å². The highest BCUT2D eigenvalue weighted by atomic mass is 16.2. The molecule has 0 aromatic heterocycles. The number of amides is 2. The minimum Gasteiger partial charge on any atom is -0.326 e. The summed E-state index contributed by atoms with van der Waals surface area (Å²) in [4.78, 5) is 24.3. The van der Waals surface area contributed by atoms with E-state index in [1.54, 1.807) is 6.92 Å². The number of hydrogen-bond acceptors (Lipinski definition) is 3. The van der Waals surface area contributed by atoms with Crippen molar-refractivity contribution in [3.63, 3.8) is 0 Å². The minimum atomic E-state index is -0.221. The Kier molecular flexibility index (Phi) is 7.11. The highest BCUT2D eigenvalue weighted by Crippen LogP contribution is 2.19. The third kappa shape index (κ3) is 6.41. The largest absolute Gasteiger partial charge is 0.326 e. The van der Waals surface area contributed by atoms with Crippen molar-refractivity contribution in [2.45, 2.75) is 26.7 Å². The number of hydrogen-bond donors (Lipinski definition) is 2. The first-order valence-corrected chi connectivity index (χ1v) is 9.82. The first-order valence-electron chi connectivity index (χ1n) is 9.82. The summed E-state index contributed by atoms with van der Waals surface area (Å²) in [7, 11) is 0. The monoisotopic (exact) mass is 399 g/mol. The maximum atomic E-state index is 12.2. The maximum Gasteiger partial charge on any atom is 0.244 e. The van der Waals surface area contributed by atoms with Gasteiger partial charge >= 0.3 is 0 Å². The van der Waals surface area contributed by atoms with Crippen LogP contribution < -0.4 is 10.7 Å². The summed E-state index contributed by atoms with van der Waals surface area (Å²) in [6.07, 6.45) is 0.335. The molecule has 3 rings (SSSR count). The van der Waals surface area contributed by atoms with Gasteiger partial charge in [-0.2, -0.15) is 5.10 Å². The molecule has 0 saturated heterocycles. The number of nitrogens with zero attached hydrogens (tertiary/aromatic N) is 1. The van der Waals surface area contributed by atoms with Crippen LogP contribution in [0.15, 0.2) is 84.0 Å². The summed E-state index contributed by atoms with van der Waals surface area (Å²) in [5.74, 6) is -0.395. The van der Waals surface area contributed by atoms with Crippen LogP contribution in [0.5, 0.6) is 0 Å². The van der Waals surface area contributed by atoms with Gasteiger partial charge in [0.2, 0.25) is 11.8 Å². The summed E-state index contributed by atoms with van der Waals surface area (Å²) in [5, 5.41) is 6.87. The molecule has 0 saturated carbocycles. The molecule has 0 atom stereocenters. The van der Waals surface area contributed by atoms with Gasteiger partial charge in [0.1, 0.15) is 0 Å². The first-order chi connectivity index (χ1) is 14.5. The molecular formula is C25H25N3O2. The van der Waals surface area contributed by atoms with Crippen LogP contribution in [0.1, 0.15) is 24.5 Å². The van der Waals surface area contributed by atoms with Crippen LogP contribution in [-0.2, 0) is 16.0 Å². The lowest BCUT2D eigenvalue weighted by atomic mass is 10.0. The van der Waals surface area contributed by atoms with Crippen molar-refractivity contribution in [2.75, 3.05) is 5.32 Å². The highest BCUT2D eigenvalue weighted by molar-refractivity contribution is 6.05. The zero-order valence-corrected chi connectivity index (χ0v) is 17.2. The van der Waals surface area contributed by atoms with Crippen molar-refractivity contribution < 1.29 is 9.59 Å². The fourth-order valence-corrected chi connectivity index (χ4v) is 3.03. The van der Waals surface area contributed by atoms with E-state index in [1.165, 1.54) is 0 Å². The van der Waals surface area contributed by atoms with Gasteiger partial charge in [0.25, 0.3) is 0 Å². The van der Waals surface area contributed by atoms with Crippen molar-refractivity contribution in [1.82, 2.24) is 5.43 Å². The average Bonchev–Trinajstić information content (AvgIpc) is 2.73. The van der Waals surface area contributed by atoms with Gasteiger partial charge in [-0.15, -0.1) is 0 Å². The third-order valence-electron chi connectivity index (χ3n) is 4.52. The number of rotatable bonds is 7. The van der Waals surface area contributed by atoms with Crippen molar-refractivity contribution in [3.05, 3.63) is 90.0 Å². The third-order valence-corrected chi connectivity index (χ3v) is 4.52. The van der Waals surface area contributed by atoms with E-state index in [4.69, 9.17) is 0 Å². The fraction of sp³-hybridized carbons (Fsp3) is 0.160. The molecule has 2 N–H and O–H groups in total. The standard InChI is InChI=1S/C25H25N3O2/c1-18-7-6-10-23(15-18)26-24(29)16-19(2)27-28-25(30)17-20-11-13-22(14-12-20)21-8-4-3-5-9-21/h3-15H,16-17H2,1-2H3,(H,26,29)(H,28,30)/b27-19+. The molecule has 3 aromatic carbocycles. The van der Waals surface area contributed by atoms with Crippen LogP contribution in [0.25, 0.3) is 11.1 Å². The molecule has 5 nitrogen and oxygen atoms in total. The zero-order chi connectivity index (χ0) is 21.3. The Hall–Kier alpha value is -3.73. The Morgan fingerprint density at radius 2 is 1.53 bits per heavy atom. The maximum absolute atomic E-state index is 12.2. The van der Waals surface area contributed by atoms with Gasteiger partial charge in [0, 0.05) is 11.4 Å². The number of nitrogens with one attached hydrogen (secondary N) is 2. The summed E-state index contributed by atoms with van der Waals surface area (Å²) in [6, 6.07) is 25.5. The summed E-state index contributed by atoms with van der Waals surface area (Å²) >= 11 is 0. The van der Waals surface area contributed by atoms with Crippen LogP contribution in [0.2, 0.25) is 0 Å². The van der Waals surface area contributed by atoms with Gasteiger partial charge in [-0.05, 0) is 48.2 Å². The van der Waals surface area contributed by atoms with Crippen molar-refractivity contribution >= 4 is 23.2 Å². The number of anilines is 1. The lowest BCUT2D eigenvalue weighted by Crippen LogP contribution is -2.22. The number of carbonyl (C=O) groups excluding carboxylic acids is 2. The van der Waals surface area contributed by atoms with Crippen LogP contribution in [-0.4, -0.2) is 17.5 Å². The molecule has 0 aliphatic carbocycles. The molecule has 0 unspecified atom stereocenters. The molecule has 0 spiro atoms. The summed E-state index contributed by atoms with van der Waals surface area (Å²) in [5.41, 5.74) is 8.02. The number of benzene rings is 3. The van der Waals surface area contributed by atoms with E-state index in [-0.39, 0.29) is 24.7 Å². The first kappa shape index (κ1) is 21.0. The molecule has 3 aromatic rings. The molecule has 2 amide bonds. The van der Waals surface area contributed by atoms with Gasteiger partial charge in [0.15, 0.2) is 0 Å². The van der Waals surface area contributed by atoms with Gasteiger partial charge in [-0.1, -0.05) is 66.7 Å². The predicted molar refractivity (Wildman–Crippen MR) is 121 cm³/mol. The van der Waals surface area contributed by atoms with E-state index in [0.717, 1.165) is 27.9 Å². The molecule has 0 bridgehead atoms. The fourth-order valence-electron chi connectivity index (χ4n) is 3.03. The van der Waals surface area contributed by atoms with Gasteiger partial charge < -0.3 is 5.32 Å². The van der Waals surface area contributed by atoms with Crippen molar-refractivity contribution in [1.29, 1.82) is 0 Å². The second-order valence-corrected chi connectivity index (χ2v) is 7.22. The quantitative estimate of drug-likeness (QED) is 0.446. The molecule has 152 valence electrons. The Morgan fingerprint density at radius 3 is 2.23 bits per heavy atom. The normalized spacial score (nSPS) is 11.1. The molecule has 0 aliphatic heterocycles. The van der Waals surface area contributed by atoms with Crippen LogP contribution in [0.3, 0.4) is 0 Å². The van der Waals surface area contributed by atoms with E-state index in [9.17, 15) is 9.59 Å². The van der Waals surface area contributed by atoms with Gasteiger partial charge in [-0.3, -0.25) is 9.59 Å². The molecule has 0 heterocycles. The Morgan fingerprint density at radius 1 is 0.833 bits per heavy atom. The van der Waals surface area contributed by atoms with E-state index in [0.29, 0.717) is 5.71 Å². The second kappa shape index (κ2) is 10.2. The minimum absolute atomic E-state index is 0.111. The van der Waals surface area contributed by atoms with Crippen LogP contribution in [0, 0.1) is 6.92 Å². The Balaban J connectivity index is 1.48. The number of hydrazone groups is 1. The Bertz CT molecular complexity index is 1040. The topological polar surface area (TPSA) is 70.6 Å². The van der Waals surface area contributed by atoms with Crippen molar-refractivity contribution in [3.8, 4) is 11.1 Å². The molecule has 0 fully saturated rings. The second-order valence-electron chi connectivity index (χ2n) is 7.22. The predicted octanol–water partition coefficient (Wildman–Crippen LogP) is 4.73. The Labute approximate surface area is 176 Å².